The Morgan fingerprint density at radius 1 is 1.36 bits per heavy atom. The topological polar surface area (TPSA) is 38.0 Å². The summed E-state index contributed by atoms with van der Waals surface area (Å²) in [6, 6.07) is 0. The molecule has 2 atom stereocenters. The SMILES string of the molecule is CC(C)(C)C1CNCC1CN. The molecule has 0 aromatic rings. The van der Waals surface area contributed by atoms with Crippen LogP contribution < -0.4 is 11.1 Å². The van der Waals surface area contributed by atoms with Crippen LogP contribution >= 0.6 is 0 Å². The summed E-state index contributed by atoms with van der Waals surface area (Å²) >= 11 is 0. The average Bonchev–Trinajstić information content (AvgIpc) is 2.31. The molecule has 0 spiro atoms. The maximum Gasteiger partial charge on any atom is -0.000499 e. The molecule has 66 valence electrons. The van der Waals surface area contributed by atoms with Crippen LogP contribution in [0.3, 0.4) is 0 Å². The number of nitrogens with one attached hydrogen (secondary N) is 1. The molecule has 3 N–H and O–H groups in total. The molecular formula is C9H20N2. The highest BCUT2D eigenvalue weighted by Crippen LogP contribution is 2.33. The Morgan fingerprint density at radius 2 is 2.00 bits per heavy atom. The monoisotopic (exact) mass is 156 g/mol. The van der Waals surface area contributed by atoms with Crippen molar-refractivity contribution in [3.8, 4) is 0 Å². The van der Waals surface area contributed by atoms with Crippen LogP contribution in [0.2, 0.25) is 0 Å². The molecule has 2 nitrogen and oxygen atoms in total. The van der Waals surface area contributed by atoms with Crippen molar-refractivity contribution < 1.29 is 0 Å². The van der Waals surface area contributed by atoms with Gasteiger partial charge in [-0.25, -0.2) is 0 Å². The first-order valence-electron chi connectivity index (χ1n) is 4.46. The van der Waals surface area contributed by atoms with Crippen molar-refractivity contribution >= 4 is 0 Å². The Hall–Kier alpha value is -0.0800. The zero-order valence-electron chi connectivity index (χ0n) is 7.85. The largest absolute Gasteiger partial charge is 0.330 e. The van der Waals surface area contributed by atoms with Crippen LogP contribution in [0.4, 0.5) is 0 Å². The van der Waals surface area contributed by atoms with E-state index in [4.69, 9.17) is 5.73 Å². The lowest BCUT2D eigenvalue weighted by molar-refractivity contribution is 0.207. The second kappa shape index (κ2) is 3.11. The minimum atomic E-state index is 0.410. The predicted molar refractivity (Wildman–Crippen MR) is 48.4 cm³/mol. The Labute approximate surface area is 69.5 Å². The van der Waals surface area contributed by atoms with E-state index in [2.05, 4.69) is 26.1 Å². The predicted octanol–water partition coefficient (Wildman–Crippen LogP) is 0.827. The first-order chi connectivity index (χ1) is 5.05. The van der Waals surface area contributed by atoms with E-state index >= 15 is 0 Å². The summed E-state index contributed by atoms with van der Waals surface area (Å²) in [4.78, 5) is 0. The van der Waals surface area contributed by atoms with Gasteiger partial charge in [-0.15, -0.1) is 0 Å². The number of rotatable bonds is 1. The van der Waals surface area contributed by atoms with Crippen LogP contribution in [-0.2, 0) is 0 Å². The van der Waals surface area contributed by atoms with Crippen molar-refractivity contribution in [1.29, 1.82) is 0 Å². The molecule has 1 rings (SSSR count). The van der Waals surface area contributed by atoms with Crippen LogP contribution in [-0.4, -0.2) is 19.6 Å². The fourth-order valence-corrected chi connectivity index (χ4v) is 1.99. The Kier molecular flexibility index (Phi) is 2.55. The van der Waals surface area contributed by atoms with Gasteiger partial charge in [0.2, 0.25) is 0 Å². The standard InChI is InChI=1S/C9H20N2/c1-9(2,3)8-6-11-5-7(8)4-10/h7-8,11H,4-6,10H2,1-3H3. The summed E-state index contributed by atoms with van der Waals surface area (Å²) in [6.45, 7) is 9.98. The normalized spacial score (nSPS) is 32.7. The van der Waals surface area contributed by atoms with Crippen molar-refractivity contribution in [2.45, 2.75) is 20.8 Å². The van der Waals surface area contributed by atoms with Crippen LogP contribution in [0.5, 0.6) is 0 Å². The molecule has 2 unspecified atom stereocenters. The van der Waals surface area contributed by atoms with Crippen molar-refractivity contribution in [3.05, 3.63) is 0 Å². The molecule has 0 aromatic carbocycles. The third-order valence-electron chi connectivity index (χ3n) is 2.75. The molecule has 2 heteroatoms. The fourth-order valence-electron chi connectivity index (χ4n) is 1.99. The van der Waals surface area contributed by atoms with E-state index in [0.29, 0.717) is 11.3 Å². The molecule has 0 radical (unpaired) electrons. The fraction of sp³-hybridized carbons (Fsp3) is 1.00. The van der Waals surface area contributed by atoms with E-state index in [0.717, 1.165) is 25.6 Å². The highest BCUT2D eigenvalue weighted by Gasteiger charge is 2.34. The lowest BCUT2D eigenvalue weighted by Crippen LogP contribution is -2.31. The lowest BCUT2D eigenvalue weighted by Gasteiger charge is -2.30. The van der Waals surface area contributed by atoms with Gasteiger partial charge < -0.3 is 11.1 Å². The minimum absolute atomic E-state index is 0.410. The summed E-state index contributed by atoms with van der Waals surface area (Å²) in [5.41, 5.74) is 6.09. The number of hydrogen-bond donors (Lipinski definition) is 2. The molecule has 1 fully saturated rings. The van der Waals surface area contributed by atoms with Crippen LogP contribution in [0.15, 0.2) is 0 Å². The van der Waals surface area contributed by atoms with Gasteiger partial charge in [0.25, 0.3) is 0 Å². The molecule has 0 amide bonds. The quantitative estimate of drug-likeness (QED) is 0.590. The first-order valence-corrected chi connectivity index (χ1v) is 4.46. The second-order valence-corrected chi connectivity index (χ2v) is 4.63. The van der Waals surface area contributed by atoms with E-state index in [1.807, 2.05) is 0 Å². The lowest BCUT2D eigenvalue weighted by atomic mass is 9.75. The average molecular weight is 156 g/mol. The molecule has 1 aliphatic rings. The molecule has 1 heterocycles. The maximum atomic E-state index is 5.68. The summed E-state index contributed by atoms with van der Waals surface area (Å²) in [5, 5.41) is 3.40. The van der Waals surface area contributed by atoms with Gasteiger partial charge in [0.1, 0.15) is 0 Å². The van der Waals surface area contributed by atoms with Gasteiger partial charge >= 0.3 is 0 Å². The van der Waals surface area contributed by atoms with Gasteiger partial charge in [-0.05, 0) is 36.9 Å². The Balaban J connectivity index is 2.57. The molecule has 0 bridgehead atoms. The molecule has 11 heavy (non-hydrogen) atoms. The second-order valence-electron chi connectivity index (χ2n) is 4.63. The first kappa shape index (κ1) is 9.01. The van der Waals surface area contributed by atoms with E-state index in [1.165, 1.54) is 0 Å². The maximum absolute atomic E-state index is 5.68. The number of hydrogen-bond acceptors (Lipinski definition) is 2. The minimum Gasteiger partial charge on any atom is -0.330 e. The molecule has 1 aliphatic heterocycles. The van der Waals surface area contributed by atoms with Crippen molar-refractivity contribution in [2.24, 2.45) is 23.0 Å². The molecular weight excluding hydrogens is 136 g/mol. The van der Waals surface area contributed by atoms with Crippen LogP contribution in [0, 0.1) is 17.3 Å². The summed E-state index contributed by atoms with van der Waals surface area (Å²) in [6.07, 6.45) is 0. The Morgan fingerprint density at radius 3 is 2.36 bits per heavy atom. The third-order valence-corrected chi connectivity index (χ3v) is 2.75. The van der Waals surface area contributed by atoms with Crippen LogP contribution in [0.25, 0.3) is 0 Å². The smallest absolute Gasteiger partial charge is 0.000499 e. The van der Waals surface area contributed by atoms with Gasteiger partial charge in [-0.2, -0.15) is 0 Å². The molecule has 0 saturated carbocycles. The zero-order chi connectivity index (χ0) is 8.48. The molecule has 0 aliphatic carbocycles. The third kappa shape index (κ3) is 1.94. The van der Waals surface area contributed by atoms with Gasteiger partial charge in [0.05, 0.1) is 0 Å². The molecule has 1 saturated heterocycles. The summed E-state index contributed by atoms with van der Waals surface area (Å²) < 4.78 is 0. The van der Waals surface area contributed by atoms with Gasteiger partial charge in [-0.3, -0.25) is 0 Å². The number of nitrogens with two attached hydrogens (primary N) is 1. The van der Waals surface area contributed by atoms with Crippen LogP contribution in [0.1, 0.15) is 20.8 Å². The van der Waals surface area contributed by atoms with Crippen molar-refractivity contribution in [2.75, 3.05) is 19.6 Å². The van der Waals surface area contributed by atoms with Crippen molar-refractivity contribution in [1.82, 2.24) is 5.32 Å². The summed E-state index contributed by atoms with van der Waals surface area (Å²) in [7, 11) is 0. The van der Waals surface area contributed by atoms with E-state index in [9.17, 15) is 0 Å². The molecule has 0 aromatic heterocycles. The van der Waals surface area contributed by atoms with E-state index in [-0.39, 0.29) is 0 Å². The van der Waals surface area contributed by atoms with Gasteiger partial charge in [0.15, 0.2) is 0 Å². The van der Waals surface area contributed by atoms with E-state index in [1.54, 1.807) is 0 Å². The Bertz CT molecular complexity index is 126. The highest BCUT2D eigenvalue weighted by molar-refractivity contribution is 4.88. The van der Waals surface area contributed by atoms with Gasteiger partial charge in [-0.1, -0.05) is 20.8 Å². The highest BCUT2D eigenvalue weighted by atomic mass is 14.9. The van der Waals surface area contributed by atoms with Gasteiger partial charge in [0, 0.05) is 0 Å². The van der Waals surface area contributed by atoms with Crippen molar-refractivity contribution in [3.63, 3.8) is 0 Å². The van der Waals surface area contributed by atoms with E-state index < -0.39 is 0 Å². The zero-order valence-corrected chi connectivity index (χ0v) is 7.85. The summed E-state index contributed by atoms with van der Waals surface area (Å²) in [5.74, 6) is 1.45.